The molecule has 1 amide bonds. The number of benzene rings is 2. The summed E-state index contributed by atoms with van der Waals surface area (Å²) in [5, 5.41) is 3.54. The van der Waals surface area contributed by atoms with Crippen molar-refractivity contribution in [1.29, 1.82) is 0 Å². The number of carbonyl (C=O) groups is 1. The maximum atomic E-state index is 12.5. The Balaban J connectivity index is 1.72. The number of ether oxygens (including phenoxy) is 3. The lowest BCUT2D eigenvalue weighted by Crippen LogP contribution is -2.23. The van der Waals surface area contributed by atoms with Gasteiger partial charge >= 0.3 is 0 Å². The third-order valence-electron chi connectivity index (χ3n) is 4.05. The molecule has 1 aliphatic heterocycles. The highest BCUT2D eigenvalue weighted by Crippen LogP contribution is 2.33. The van der Waals surface area contributed by atoms with Crippen molar-refractivity contribution < 1.29 is 19.0 Å². The molecule has 3 rings (SSSR count). The predicted molar refractivity (Wildman–Crippen MR) is 101 cm³/mol. The van der Waals surface area contributed by atoms with Gasteiger partial charge in [-0.2, -0.15) is 0 Å². The van der Waals surface area contributed by atoms with Crippen LogP contribution in [0.25, 0.3) is 0 Å². The van der Waals surface area contributed by atoms with E-state index < -0.39 is 0 Å². The molecule has 0 fully saturated rings. The van der Waals surface area contributed by atoms with E-state index in [0.717, 1.165) is 23.3 Å². The highest BCUT2D eigenvalue weighted by atomic mass is 35.5. The molecule has 0 atom stereocenters. The normalized spacial score (nSPS) is 12.1. The molecule has 0 unspecified atom stereocenters. The first kappa shape index (κ1) is 18.1. The first-order chi connectivity index (χ1) is 12.6. The second-order valence-corrected chi connectivity index (χ2v) is 6.24. The zero-order valence-electron chi connectivity index (χ0n) is 14.5. The van der Waals surface area contributed by atoms with Crippen LogP contribution < -0.4 is 19.5 Å². The second kappa shape index (κ2) is 8.15. The van der Waals surface area contributed by atoms with E-state index in [4.69, 9.17) is 25.8 Å². The largest absolute Gasteiger partial charge is 0.493 e. The number of carbonyl (C=O) groups excluding carboxylic acids is 1. The number of fused-ring (bicyclic) bond motifs is 1. The summed E-state index contributed by atoms with van der Waals surface area (Å²) in [6.07, 6.45) is 2.48. The molecule has 5 nitrogen and oxygen atoms in total. The molecule has 0 saturated heterocycles. The second-order valence-electron chi connectivity index (χ2n) is 5.80. The number of amides is 1. The van der Waals surface area contributed by atoms with Crippen LogP contribution >= 0.6 is 11.6 Å². The quantitative estimate of drug-likeness (QED) is 0.750. The summed E-state index contributed by atoms with van der Waals surface area (Å²) in [5.41, 5.74) is 2.43. The van der Waals surface area contributed by atoms with E-state index in [1.807, 2.05) is 12.1 Å². The zero-order valence-corrected chi connectivity index (χ0v) is 15.3. The molecule has 0 spiro atoms. The van der Waals surface area contributed by atoms with Crippen LogP contribution in [0.15, 0.2) is 43.0 Å². The van der Waals surface area contributed by atoms with E-state index in [1.165, 1.54) is 7.11 Å². The van der Waals surface area contributed by atoms with Crippen molar-refractivity contribution in [3.8, 4) is 17.2 Å². The minimum absolute atomic E-state index is 0.217. The van der Waals surface area contributed by atoms with E-state index in [-0.39, 0.29) is 5.91 Å². The molecule has 136 valence electrons. The van der Waals surface area contributed by atoms with Gasteiger partial charge in [-0.25, -0.2) is 0 Å². The van der Waals surface area contributed by atoms with Gasteiger partial charge < -0.3 is 19.5 Å². The number of methoxy groups -OCH3 is 1. The Morgan fingerprint density at radius 2 is 2.19 bits per heavy atom. The van der Waals surface area contributed by atoms with Gasteiger partial charge in [-0.1, -0.05) is 24.3 Å². The molecule has 6 heteroatoms. The third-order valence-corrected chi connectivity index (χ3v) is 4.27. The van der Waals surface area contributed by atoms with Gasteiger partial charge in [0.05, 0.1) is 13.7 Å². The van der Waals surface area contributed by atoms with Gasteiger partial charge in [0.2, 0.25) is 0 Å². The van der Waals surface area contributed by atoms with Crippen LogP contribution in [0.1, 0.15) is 21.5 Å². The average molecular weight is 374 g/mol. The minimum Gasteiger partial charge on any atom is -0.493 e. The maximum absolute atomic E-state index is 12.5. The van der Waals surface area contributed by atoms with E-state index in [1.54, 1.807) is 24.3 Å². The van der Waals surface area contributed by atoms with Crippen molar-refractivity contribution in [2.24, 2.45) is 0 Å². The number of rotatable bonds is 7. The fourth-order valence-corrected chi connectivity index (χ4v) is 3.10. The number of hydrogen-bond donors (Lipinski definition) is 1. The zero-order chi connectivity index (χ0) is 18.5. The lowest BCUT2D eigenvalue weighted by molar-refractivity contribution is 0.0950. The Labute approximate surface area is 157 Å². The van der Waals surface area contributed by atoms with Gasteiger partial charge in [-0.15, -0.1) is 0 Å². The van der Waals surface area contributed by atoms with Crippen LogP contribution in [0, 0.1) is 0 Å². The van der Waals surface area contributed by atoms with Crippen molar-refractivity contribution in [3.05, 3.63) is 64.7 Å². The summed E-state index contributed by atoms with van der Waals surface area (Å²) in [6.45, 7) is 4.95. The summed E-state index contributed by atoms with van der Waals surface area (Å²) in [6, 6.07) is 8.76. The van der Waals surface area contributed by atoms with Crippen LogP contribution in [0.4, 0.5) is 0 Å². The van der Waals surface area contributed by atoms with E-state index in [9.17, 15) is 4.79 Å². The molecule has 1 heterocycles. The summed E-state index contributed by atoms with van der Waals surface area (Å²) in [4.78, 5) is 12.5. The summed E-state index contributed by atoms with van der Waals surface area (Å²) in [5.74, 6) is 1.65. The smallest absolute Gasteiger partial charge is 0.251 e. The first-order valence-electron chi connectivity index (χ1n) is 8.26. The fourth-order valence-electron chi connectivity index (χ4n) is 2.83. The van der Waals surface area contributed by atoms with Gasteiger partial charge in [-0.3, -0.25) is 4.79 Å². The van der Waals surface area contributed by atoms with Gasteiger partial charge in [-0.05, 0) is 35.9 Å². The monoisotopic (exact) mass is 373 g/mol. The van der Waals surface area contributed by atoms with Crippen molar-refractivity contribution in [2.75, 3.05) is 20.3 Å². The van der Waals surface area contributed by atoms with Crippen LogP contribution in [0.5, 0.6) is 17.2 Å². The van der Waals surface area contributed by atoms with E-state index >= 15 is 0 Å². The van der Waals surface area contributed by atoms with Crippen LogP contribution in [0.3, 0.4) is 0 Å². The summed E-state index contributed by atoms with van der Waals surface area (Å²) < 4.78 is 16.5. The van der Waals surface area contributed by atoms with E-state index in [0.29, 0.717) is 41.8 Å². The number of hydrogen-bond acceptors (Lipinski definition) is 4. The van der Waals surface area contributed by atoms with Crippen molar-refractivity contribution >= 4 is 17.5 Å². The Hall–Kier alpha value is -2.66. The Bertz CT molecular complexity index is 835. The standard InChI is InChI=1S/C20H20ClNO4/c1-3-7-25-17-5-4-14(11-18(17)24-2)20(23)22-12-15-10-16(21)9-13-6-8-26-19(13)15/h3-5,9-11H,1,6-8,12H2,2H3,(H,22,23). The summed E-state index contributed by atoms with van der Waals surface area (Å²) in [7, 11) is 1.53. The highest BCUT2D eigenvalue weighted by molar-refractivity contribution is 6.30. The molecular formula is C20H20ClNO4. The molecule has 0 aromatic heterocycles. The Morgan fingerprint density at radius 3 is 2.96 bits per heavy atom. The van der Waals surface area contributed by atoms with Gasteiger partial charge in [0, 0.05) is 29.1 Å². The summed E-state index contributed by atoms with van der Waals surface area (Å²) >= 11 is 6.15. The lowest BCUT2D eigenvalue weighted by Gasteiger charge is -2.12. The van der Waals surface area contributed by atoms with Crippen molar-refractivity contribution in [3.63, 3.8) is 0 Å². The number of nitrogens with one attached hydrogen (secondary N) is 1. The van der Waals surface area contributed by atoms with Gasteiger partial charge in [0.1, 0.15) is 12.4 Å². The van der Waals surface area contributed by atoms with Crippen LogP contribution in [-0.4, -0.2) is 26.2 Å². The molecule has 2 aromatic rings. The molecule has 2 aromatic carbocycles. The predicted octanol–water partition coefficient (Wildman–Crippen LogP) is 3.78. The van der Waals surface area contributed by atoms with Crippen LogP contribution in [-0.2, 0) is 13.0 Å². The number of halogens is 1. The average Bonchev–Trinajstić information content (AvgIpc) is 3.12. The topological polar surface area (TPSA) is 56.8 Å². The van der Waals surface area contributed by atoms with E-state index in [2.05, 4.69) is 11.9 Å². The maximum Gasteiger partial charge on any atom is 0.251 e. The van der Waals surface area contributed by atoms with Crippen LogP contribution in [0.2, 0.25) is 5.02 Å². The first-order valence-corrected chi connectivity index (χ1v) is 8.64. The SMILES string of the molecule is C=CCOc1ccc(C(=O)NCc2cc(Cl)cc3c2OCC3)cc1OC. The third kappa shape index (κ3) is 3.94. The highest BCUT2D eigenvalue weighted by Gasteiger charge is 2.18. The fraction of sp³-hybridized carbons (Fsp3) is 0.250. The molecule has 1 N–H and O–H groups in total. The molecule has 1 aliphatic rings. The Kier molecular flexibility index (Phi) is 5.68. The molecule has 0 bridgehead atoms. The van der Waals surface area contributed by atoms with Crippen molar-refractivity contribution in [1.82, 2.24) is 5.32 Å². The van der Waals surface area contributed by atoms with Gasteiger partial charge in [0.15, 0.2) is 11.5 Å². The molecule has 0 aliphatic carbocycles. The van der Waals surface area contributed by atoms with Crippen molar-refractivity contribution in [2.45, 2.75) is 13.0 Å². The molecular weight excluding hydrogens is 354 g/mol. The Morgan fingerprint density at radius 1 is 1.35 bits per heavy atom. The lowest BCUT2D eigenvalue weighted by atomic mass is 10.1. The van der Waals surface area contributed by atoms with Gasteiger partial charge in [0.25, 0.3) is 5.91 Å². The molecule has 0 radical (unpaired) electrons. The minimum atomic E-state index is -0.217. The molecule has 0 saturated carbocycles. The molecule has 26 heavy (non-hydrogen) atoms.